The first-order valence-electron chi connectivity index (χ1n) is 6.30. The molecule has 0 unspecified atom stereocenters. The van der Waals surface area contributed by atoms with E-state index in [4.69, 9.17) is 5.73 Å². The molecule has 0 aliphatic carbocycles. The SMILES string of the molecule is NCc1ccccc1C(=O)Nc1ccc2cn[nH]c2c1. The van der Waals surface area contributed by atoms with E-state index in [9.17, 15) is 4.79 Å². The molecular weight excluding hydrogens is 252 g/mol. The number of fused-ring (bicyclic) bond motifs is 1. The molecule has 3 aromatic rings. The lowest BCUT2D eigenvalue weighted by molar-refractivity contribution is 0.102. The van der Waals surface area contributed by atoms with Crippen molar-refractivity contribution in [3.8, 4) is 0 Å². The number of nitrogens with one attached hydrogen (secondary N) is 2. The first-order valence-corrected chi connectivity index (χ1v) is 6.30. The van der Waals surface area contributed by atoms with Crippen LogP contribution in [0.15, 0.2) is 48.7 Å². The van der Waals surface area contributed by atoms with Gasteiger partial charge in [-0.2, -0.15) is 5.10 Å². The van der Waals surface area contributed by atoms with Crippen molar-refractivity contribution in [2.24, 2.45) is 5.73 Å². The van der Waals surface area contributed by atoms with Crippen LogP contribution in [0.25, 0.3) is 10.9 Å². The van der Waals surface area contributed by atoms with E-state index >= 15 is 0 Å². The molecule has 0 aliphatic rings. The van der Waals surface area contributed by atoms with Gasteiger partial charge in [0.2, 0.25) is 0 Å². The van der Waals surface area contributed by atoms with E-state index in [1.807, 2.05) is 36.4 Å². The van der Waals surface area contributed by atoms with Crippen molar-refractivity contribution in [3.63, 3.8) is 0 Å². The molecule has 5 nitrogen and oxygen atoms in total. The summed E-state index contributed by atoms with van der Waals surface area (Å²) in [5.74, 6) is -0.162. The predicted octanol–water partition coefficient (Wildman–Crippen LogP) is 2.27. The van der Waals surface area contributed by atoms with Gasteiger partial charge in [0.25, 0.3) is 5.91 Å². The van der Waals surface area contributed by atoms with E-state index in [2.05, 4.69) is 15.5 Å². The molecule has 0 saturated carbocycles. The standard InChI is InChI=1S/C15H14N4O/c16-8-10-3-1-2-4-13(10)15(20)18-12-6-5-11-9-17-19-14(11)7-12/h1-7,9H,8,16H2,(H,17,19)(H,18,20). The second-order valence-corrected chi connectivity index (χ2v) is 4.49. The van der Waals surface area contributed by atoms with Gasteiger partial charge in [-0.15, -0.1) is 0 Å². The van der Waals surface area contributed by atoms with Crippen molar-refractivity contribution in [2.75, 3.05) is 5.32 Å². The molecule has 1 heterocycles. The molecule has 20 heavy (non-hydrogen) atoms. The number of nitrogens with two attached hydrogens (primary N) is 1. The van der Waals surface area contributed by atoms with Gasteiger partial charge in [-0.05, 0) is 29.8 Å². The molecule has 1 amide bonds. The van der Waals surface area contributed by atoms with E-state index in [1.165, 1.54) is 0 Å². The number of anilines is 1. The number of nitrogens with zero attached hydrogens (tertiary/aromatic N) is 1. The van der Waals surface area contributed by atoms with Gasteiger partial charge < -0.3 is 11.1 Å². The van der Waals surface area contributed by atoms with Gasteiger partial charge >= 0.3 is 0 Å². The molecule has 0 spiro atoms. The van der Waals surface area contributed by atoms with Crippen molar-refractivity contribution in [1.29, 1.82) is 0 Å². The van der Waals surface area contributed by atoms with Crippen LogP contribution in [0.2, 0.25) is 0 Å². The van der Waals surface area contributed by atoms with Crippen LogP contribution in [0, 0.1) is 0 Å². The summed E-state index contributed by atoms with van der Waals surface area (Å²) in [7, 11) is 0. The fourth-order valence-corrected chi connectivity index (χ4v) is 2.13. The third-order valence-corrected chi connectivity index (χ3v) is 3.18. The maximum atomic E-state index is 12.3. The Balaban J connectivity index is 1.88. The number of benzene rings is 2. The maximum Gasteiger partial charge on any atom is 0.255 e. The van der Waals surface area contributed by atoms with Crippen LogP contribution in [0.1, 0.15) is 15.9 Å². The minimum atomic E-state index is -0.162. The maximum absolute atomic E-state index is 12.3. The number of H-pyrrole nitrogens is 1. The lowest BCUT2D eigenvalue weighted by Gasteiger charge is -2.08. The highest BCUT2D eigenvalue weighted by Gasteiger charge is 2.10. The van der Waals surface area contributed by atoms with E-state index in [-0.39, 0.29) is 5.91 Å². The molecule has 0 atom stereocenters. The van der Waals surface area contributed by atoms with E-state index in [0.29, 0.717) is 12.1 Å². The summed E-state index contributed by atoms with van der Waals surface area (Å²) in [6, 6.07) is 12.9. The fraction of sp³-hybridized carbons (Fsp3) is 0.0667. The van der Waals surface area contributed by atoms with Gasteiger partial charge in [0, 0.05) is 23.2 Å². The van der Waals surface area contributed by atoms with E-state index in [0.717, 1.165) is 22.2 Å². The Morgan fingerprint density at radius 1 is 1.25 bits per heavy atom. The summed E-state index contributed by atoms with van der Waals surface area (Å²) in [4.78, 5) is 12.3. The quantitative estimate of drug-likeness (QED) is 0.680. The Labute approximate surface area is 115 Å². The van der Waals surface area contributed by atoms with Crippen LogP contribution in [0.4, 0.5) is 5.69 Å². The van der Waals surface area contributed by atoms with Crippen molar-refractivity contribution in [2.45, 2.75) is 6.54 Å². The molecular formula is C15H14N4O. The number of aromatic amines is 1. The van der Waals surface area contributed by atoms with Crippen LogP contribution in [0.5, 0.6) is 0 Å². The third kappa shape index (κ3) is 2.26. The Kier molecular flexibility index (Phi) is 3.18. The van der Waals surface area contributed by atoms with Crippen molar-refractivity contribution in [1.82, 2.24) is 10.2 Å². The van der Waals surface area contributed by atoms with Gasteiger partial charge in [0.15, 0.2) is 0 Å². The summed E-state index contributed by atoms with van der Waals surface area (Å²) in [5, 5.41) is 10.7. The monoisotopic (exact) mass is 266 g/mol. The molecule has 3 rings (SSSR count). The van der Waals surface area contributed by atoms with Crippen molar-refractivity contribution >= 4 is 22.5 Å². The lowest BCUT2D eigenvalue weighted by Crippen LogP contribution is -2.15. The van der Waals surface area contributed by atoms with Gasteiger partial charge in [-0.1, -0.05) is 18.2 Å². The molecule has 0 fully saturated rings. The molecule has 0 saturated heterocycles. The summed E-state index contributed by atoms with van der Waals surface area (Å²) < 4.78 is 0. The molecule has 0 bridgehead atoms. The van der Waals surface area contributed by atoms with Crippen molar-refractivity contribution in [3.05, 3.63) is 59.8 Å². The third-order valence-electron chi connectivity index (χ3n) is 3.18. The number of carbonyl (C=O) groups is 1. The number of hydrogen-bond donors (Lipinski definition) is 3. The smallest absolute Gasteiger partial charge is 0.255 e. The number of hydrogen-bond acceptors (Lipinski definition) is 3. The van der Waals surface area contributed by atoms with Crippen LogP contribution in [0.3, 0.4) is 0 Å². The Bertz CT molecular complexity index is 763. The summed E-state index contributed by atoms with van der Waals surface area (Å²) >= 11 is 0. The van der Waals surface area contributed by atoms with Crippen LogP contribution >= 0.6 is 0 Å². The zero-order valence-corrected chi connectivity index (χ0v) is 10.8. The molecule has 0 radical (unpaired) electrons. The van der Waals surface area contributed by atoms with Crippen LogP contribution < -0.4 is 11.1 Å². The molecule has 0 aliphatic heterocycles. The van der Waals surface area contributed by atoms with Gasteiger partial charge in [-0.3, -0.25) is 9.89 Å². The minimum Gasteiger partial charge on any atom is -0.326 e. The Morgan fingerprint density at radius 3 is 2.95 bits per heavy atom. The predicted molar refractivity (Wildman–Crippen MR) is 78.4 cm³/mol. The first kappa shape index (κ1) is 12.4. The Hall–Kier alpha value is -2.66. The number of amides is 1. The number of carbonyl (C=O) groups excluding carboxylic acids is 1. The zero-order chi connectivity index (χ0) is 13.9. The van der Waals surface area contributed by atoms with E-state index < -0.39 is 0 Å². The highest BCUT2D eigenvalue weighted by molar-refractivity contribution is 6.06. The second kappa shape index (κ2) is 5.14. The molecule has 2 aromatic carbocycles. The topological polar surface area (TPSA) is 83.8 Å². The highest BCUT2D eigenvalue weighted by atomic mass is 16.1. The molecule has 4 N–H and O–H groups in total. The fourth-order valence-electron chi connectivity index (χ4n) is 2.13. The number of rotatable bonds is 3. The van der Waals surface area contributed by atoms with Gasteiger partial charge in [0.1, 0.15) is 0 Å². The summed E-state index contributed by atoms with van der Waals surface area (Å²) in [6.07, 6.45) is 1.74. The first-order chi connectivity index (χ1) is 9.78. The minimum absolute atomic E-state index is 0.162. The molecule has 5 heteroatoms. The van der Waals surface area contributed by atoms with Gasteiger partial charge in [-0.25, -0.2) is 0 Å². The molecule has 1 aromatic heterocycles. The average molecular weight is 266 g/mol. The van der Waals surface area contributed by atoms with Crippen LogP contribution in [-0.4, -0.2) is 16.1 Å². The second-order valence-electron chi connectivity index (χ2n) is 4.49. The van der Waals surface area contributed by atoms with Crippen LogP contribution in [-0.2, 0) is 6.54 Å². The largest absolute Gasteiger partial charge is 0.326 e. The number of aromatic nitrogens is 2. The Morgan fingerprint density at radius 2 is 2.10 bits per heavy atom. The molecule has 100 valence electrons. The summed E-state index contributed by atoms with van der Waals surface area (Å²) in [5.41, 5.74) is 8.68. The van der Waals surface area contributed by atoms with E-state index in [1.54, 1.807) is 12.3 Å². The normalized spacial score (nSPS) is 10.7. The summed E-state index contributed by atoms with van der Waals surface area (Å²) in [6.45, 7) is 0.336. The van der Waals surface area contributed by atoms with Gasteiger partial charge in [0.05, 0.1) is 11.7 Å². The average Bonchev–Trinajstić information content (AvgIpc) is 2.94. The lowest BCUT2D eigenvalue weighted by atomic mass is 10.1. The zero-order valence-electron chi connectivity index (χ0n) is 10.8. The highest BCUT2D eigenvalue weighted by Crippen LogP contribution is 2.18. The van der Waals surface area contributed by atoms with Crippen molar-refractivity contribution < 1.29 is 4.79 Å².